The predicted molar refractivity (Wildman–Crippen MR) is 131 cm³/mol. The molecule has 2 amide bonds. The van der Waals surface area contributed by atoms with Crippen molar-refractivity contribution in [2.24, 2.45) is 5.84 Å². The van der Waals surface area contributed by atoms with Gasteiger partial charge in [-0.15, -0.1) is 0 Å². The minimum Gasteiger partial charge on any atom is -0.506 e. The molecule has 4 N–H and O–H groups in total. The van der Waals surface area contributed by atoms with Crippen LogP contribution in [0, 0.1) is 0 Å². The van der Waals surface area contributed by atoms with E-state index in [4.69, 9.17) is 5.84 Å². The Morgan fingerprint density at radius 1 is 1.21 bits per heavy atom. The second-order valence-electron chi connectivity index (χ2n) is 8.37. The van der Waals surface area contributed by atoms with E-state index in [1.54, 1.807) is 54.4 Å². The Balaban J connectivity index is 0.00000149. The van der Waals surface area contributed by atoms with Gasteiger partial charge in [0.2, 0.25) is 0 Å². The van der Waals surface area contributed by atoms with E-state index in [2.05, 4.69) is 10.2 Å². The summed E-state index contributed by atoms with van der Waals surface area (Å²) < 4.78 is 0. The van der Waals surface area contributed by atoms with Crippen LogP contribution in [-0.2, 0) is 4.79 Å². The van der Waals surface area contributed by atoms with Gasteiger partial charge in [0.25, 0.3) is 11.8 Å². The molecule has 33 heavy (non-hydrogen) atoms. The van der Waals surface area contributed by atoms with Crippen molar-refractivity contribution in [2.45, 2.75) is 45.7 Å². The van der Waals surface area contributed by atoms with Crippen molar-refractivity contribution in [3.8, 4) is 5.75 Å². The van der Waals surface area contributed by atoms with Gasteiger partial charge in [0, 0.05) is 19.2 Å². The highest BCUT2D eigenvalue weighted by molar-refractivity contribution is 6.05. The molecule has 2 heterocycles. The van der Waals surface area contributed by atoms with Gasteiger partial charge in [0.15, 0.2) is 0 Å². The van der Waals surface area contributed by atoms with E-state index in [1.807, 2.05) is 20.8 Å². The molecule has 0 aromatic heterocycles. The number of aromatic hydroxyl groups is 1. The van der Waals surface area contributed by atoms with E-state index in [-0.39, 0.29) is 23.6 Å². The number of phenols is 1. The summed E-state index contributed by atoms with van der Waals surface area (Å²) in [6, 6.07) is 11.2. The van der Waals surface area contributed by atoms with Crippen molar-refractivity contribution in [3.63, 3.8) is 0 Å². The van der Waals surface area contributed by atoms with Crippen LogP contribution < -0.4 is 16.1 Å². The fourth-order valence-electron chi connectivity index (χ4n) is 4.50. The van der Waals surface area contributed by atoms with Gasteiger partial charge in [0.1, 0.15) is 17.5 Å². The maximum atomic E-state index is 13.0. The van der Waals surface area contributed by atoms with Gasteiger partial charge in [-0.3, -0.25) is 14.6 Å². The zero-order valence-electron chi connectivity index (χ0n) is 19.9. The normalized spacial score (nSPS) is 18.6. The van der Waals surface area contributed by atoms with Crippen LogP contribution in [0.25, 0.3) is 0 Å². The second kappa shape index (κ2) is 10.7. The van der Waals surface area contributed by atoms with Crippen molar-refractivity contribution in [2.75, 3.05) is 36.9 Å². The molecule has 2 aromatic carbocycles. The molecule has 0 bridgehead atoms. The highest BCUT2D eigenvalue weighted by Gasteiger charge is 2.34. The average molecular weight is 454 g/mol. The Bertz CT molecular complexity index is 990. The summed E-state index contributed by atoms with van der Waals surface area (Å²) in [7, 11) is 1.75. The van der Waals surface area contributed by atoms with E-state index >= 15 is 0 Å². The van der Waals surface area contributed by atoms with Crippen molar-refractivity contribution in [1.29, 1.82) is 0 Å². The number of hydrazine groups is 1. The molecule has 2 aliphatic rings. The lowest BCUT2D eigenvalue weighted by Gasteiger charge is -2.36. The molecule has 0 spiro atoms. The highest BCUT2D eigenvalue weighted by Crippen LogP contribution is 2.42. The highest BCUT2D eigenvalue weighted by atomic mass is 16.3. The number of phenolic OH excluding ortho intramolecular Hbond substituents is 1. The minimum atomic E-state index is -0.679. The van der Waals surface area contributed by atoms with Gasteiger partial charge in [-0.1, -0.05) is 32.0 Å². The molecule has 0 radical (unpaired) electrons. The third-order valence-electron chi connectivity index (χ3n) is 6.14. The van der Waals surface area contributed by atoms with E-state index in [0.717, 1.165) is 19.6 Å². The maximum Gasteiger partial charge on any atom is 0.268 e. The van der Waals surface area contributed by atoms with Crippen LogP contribution in [0.4, 0.5) is 11.4 Å². The van der Waals surface area contributed by atoms with Crippen molar-refractivity contribution in [3.05, 3.63) is 53.6 Å². The van der Waals surface area contributed by atoms with Gasteiger partial charge >= 0.3 is 0 Å². The number of hydrogen-bond acceptors (Lipinski definition) is 6. The smallest absolute Gasteiger partial charge is 0.268 e. The summed E-state index contributed by atoms with van der Waals surface area (Å²) in [6.07, 6.45) is 2.37. The van der Waals surface area contributed by atoms with Gasteiger partial charge in [0.05, 0.1) is 11.7 Å². The number of benzene rings is 2. The molecular formula is C25H35N5O3. The predicted octanol–water partition coefficient (Wildman–Crippen LogP) is 3.35. The molecule has 2 aromatic rings. The number of rotatable bonds is 5. The lowest BCUT2D eigenvalue weighted by molar-refractivity contribution is -0.117. The number of fused-ring (bicyclic) bond motifs is 1. The standard InChI is InChI=1S/C23H29N5O3.C2H6/c1-15(14-27-11-3-4-12-27)28(24)23(31)17-8-5-7-16(13-17)20-22(30)25-18-9-6-10-19(29)21(18)26(20)2;1-2/h5-10,13,15,20,29H,3-4,11-12,14,24H2,1-2H3,(H,25,30);1-2H3. The van der Waals surface area contributed by atoms with E-state index < -0.39 is 6.04 Å². The first-order valence-electron chi connectivity index (χ1n) is 11.6. The SMILES string of the molecule is CC.CC(CN1CCCC1)N(N)C(=O)c1cccc(C2C(=O)Nc3cccc(O)c3N2C)c1. The molecule has 0 aliphatic carbocycles. The van der Waals surface area contributed by atoms with Crippen LogP contribution in [0.3, 0.4) is 0 Å². The van der Waals surface area contributed by atoms with Gasteiger partial charge in [-0.2, -0.15) is 0 Å². The van der Waals surface area contributed by atoms with Crippen molar-refractivity contribution < 1.29 is 14.7 Å². The molecule has 0 saturated carbocycles. The van der Waals surface area contributed by atoms with Crippen LogP contribution in [-0.4, -0.2) is 59.6 Å². The topological polar surface area (TPSA) is 102 Å². The van der Waals surface area contributed by atoms with E-state index in [9.17, 15) is 14.7 Å². The quantitative estimate of drug-likeness (QED) is 0.365. The summed E-state index contributed by atoms with van der Waals surface area (Å²) >= 11 is 0. The number of carbonyl (C=O) groups is 2. The first-order chi connectivity index (χ1) is 15.9. The first-order valence-corrected chi connectivity index (χ1v) is 11.6. The molecule has 8 nitrogen and oxygen atoms in total. The lowest BCUT2D eigenvalue weighted by atomic mass is 9.98. The summed E-state index contributed by atoms with van der Waals surface area (Å²) in [5.74, 6) is 5.75. The van der Waals surface area contributed by atoms with E-state index in [1.165, 1.54) is 17.9 Å². The molecule has 2 unspecified atom stereocenters. The van der Waals surface area contributed by atoms with Gasteiger partial charge < -0.3 is 20.2 Å². The maximum absolute atomic E-state index is 13.0. The van der Waals surface area contributed by atoms with Crippen LogP contribution in [0.1, 0.15) is 55.6 Å². The summed E-state index contributed by atoms with van der Waals surface area (Å²) in [5.41, 5.74) is 2.18. The third kappa shape index (κ3) is 5.12. The molecule has 1 fully saturated rings. The fourth-order valence-corrected chi connectivity index (χ4v) is 4.50. The molecule has 2 aliphatic heterocycles. The number of likely N-dealkylation sites (tertiary alicyclic amines) is 1. The van der Waals surface area contributed by atoms with Crippen molar-refractivity contribution >= 4 is 23.2 Å². The fraction of sp³-hybridized carbons (Fsp3) is 0.440. The van der Waals surface area contributed by atoms with Crippen LogP contribution in [0.15, 0.2) is 42.5 Å². The monoisotopic (exact) mass is 453 g/mol. The number of nitrogens with zero attached hydrogens (tertiary/aromatic N) is 3. The summed E-state index contributed by atoms with van der Waals surface area (Å²) in [5, 5.41) is 14.4. The summed E-state index contributed by atoms with van der Waals surface area (Å²) in [6.45, 7) is 8.77. The lowest BCUT2D eigenvalue weighted by Crippen LogP contribution is -2.49. The van der Waals surface area contributed by atoms with Crippen LogP contribution in [0.5, 0.6) is 5.75 Å². The largest absolute Gasteiger partial charge is 0.506 e. The molecule has 2 atom stereocenters. The number of hydrogen-bond donors (Lipinski definition) is 3. The Labute approximate surface area is 195 Å². The summed E-state index contributed by atoms with van der Waals surface area (Å²) in [4.78, 5) is 29.9. The molecular weight excluding hydrogens is 418 g/mol. The van der Waals surface area contributed by atoms with E-state index in [0.29, 0.717) is 22.5 Å². The number of anilines is 2. The van der Waals surface area contributed by atoms with Gasteiger partial charge in [-0.05, 0) is 62.7 Å². The van der Waals surface area contributed by atoms with Crippen molar-refractivity contribution in [1.82, 2.24) is 9.91 Å². The van der Waals surface area contributed by atoms with Gasteiger partial charge in [-0.25, -0.2) is 5.84 Å². The Hall–Kier alpha value is -3.10. The van der Waals surface area contributed by atoms with Crippen LogP contribution in [0.2, 0.25) is 0 Å². The zero-order chi connectivity index (χ0) is 24.1. The molecule has 4 rings (SSSR count). The first kappa shape index (κ1) is 24.5. The number of carbonyl (C=O) groups excluding carboxylic acids is 2. The third-order valence-corrected chi connectivity index (χ3v) is 6.14. The Kier molecular flexibility index (Phi) is 7.94. The number of likely N-dealkylation sites (N-methyl/N-ethyl adjacent to an activating group) is 1. The average Bonchev–Trinajstić information content (AvgIpc) is 3.32. The molecule has 1 saturated heterocycles. The number of nitrogens with two attached hydrogens (primary N) is 1. The number of nitrogens with one attached hydrogen (secondary N) is 1. The number of para-hydroxylation sites is 1. The second-order valence-corrected chi connectivity index (χ2v) is 8.37. The molecule has 8 heteroatoms. The van der Waals surface area contributed by atoms with Crippen LogP contribution >= 0.6 is 0 Å². The number of amides is 2. The minimum absolute atomic E-state index is 0.0844. The Morgan fingerprint density at radius 3 is 2.58 bits per heavy atom. The molecule has 178 valence electrons. The zero-order valence-corrected chi connectivity index (χ0v) is 19.9. The Morgan fingerprint density at radius 2 is 1.88 bits per heavy atom.